The summed E-state index contributed by atoms with van der Waals surface area (Å²) in [6.45, 7) is 15.1. The van der Waals surface area contributed by atoms with Crippen molar-refractivity contribution in [1.29, 1.82) is 0 Å². The zero-order valence-corrected chi connectivity index (χ0v) is 31.2. The molecule has 0 radical (unpaired) electrons. The van der Waals surface area contributed by atoms with E-state index in [2.05, 4.69) is 41.5 Å². The maximum atomic E-state index is 11.8. The molecule has 49 heavy (non-hydrogen) atoms. The Hall–Kier alpha value is -0.770. The Morgan fingerprint density at radius 1 is 0.857 bits per heavy atom. The Kier molecular flexibility index (Phi) is 9.13. The van der Waals surface area contributed by atoms with Crippen LogP contribution in [0, 0.1) is 70.0 Å². The highest BCUT2D eigenvalue weighted by atomic mass is 16.9. The number of carboxylic acids is 1. The number of ether oxygens (including phenoxy) is 5. The zero-order valence-electron chi connectivity index (χ0n) is 31.2. The monoisotopic (exact) mass is 686 g/mol. The molecule has 2 bridgehead atoms. The van der Waals surface area contributed by atoms with Crippen molar-refractivity contribution in [3.05, 3.63) is 0 Å². The molecule has 8 rings (SSSR count). The van der Waals surface area contributed by atoms with Crippen LogP contribution in [-0.4, -0.2) is 65.6 Å². The number of rotatable bonds is 9. The number of hydrogen-bond donors (Lipinski definition) is 2. The molecule has 8 aliphatic rings. The van der Waals surface area contributed by atoms with Gasteiger partial charge in [-0.3, -0.25) is 4.79 Å². The Labute approximate surface area is 295 Å². The van der Waals surface area contributed by atoms with E-state index in [1.807, 2.05) is 0 Å². The predicted octanol–water partition coefficient (Wildman–Crippen LogP) is 7.80. The van der Waals surface area contributed by atoms with Crippen LogP contribution in [0.4, 0.5) is 0 Å². The van der Waals surface area contributed by atoms with Crippen LogP contribution in [0.25, 0.3) is 0 Å². The van der Waals surface area contributed by atoms with Gasteiger partial charge in [0.2, 0.25) is 0 Å². The van der Waals surface area contributed by atoms with Crippen LogP contribution in [0.3, 0.4) is 0 Å². The summed E-state index contributed by atoms with van der Waals surface area (Å²) < 4.78 is 32.9. The minimum absolute atomic E-state index is 0.213. The van der Waals surface area contributed by atoms with Crippen molar-refractivity contribution in [3.63, 3.8) is 0 Å². The second-order valence-corrected chi connectivity index (χ2v) is 19.3. The maximum Gasteiger partial charge on any atom is 0.303 e. The quantitative estimate of drug-likeness (QED) is 0.237. The molecular weight excluding hydrogens is 620 g/mol. The lowest BCUT2D eigenvalue weighted by Gasteiger charge is -2.62. The van der Waals surface area contributed by atoms with Crippen LogP contribution >= 0.6 is 0 Å². The topological polar surface area (TPSA) is 104 Å². The molecule has 8 fully saturated rings. The predicted molar refractivity (Wildman–Crippen MR) is 184 cm³/mol. The molecular formula is C41H66O8. The first-order chi connectivity index (χ1) is 23.3. The van der Waals surface area contributed by atoms with Crippen molar-refractivity contribution in [2.24, 2.45) is 70.0 Å². The van der Waals surface area contributed by atoms with Crippen molar-refractivity contribution in [1.82, 2.24) is 0 Å². The number of aliphatic carboxylic acids is 1. The number of carboxylic acid groups (broad SMARTS) is 1. The summed E-state index contributed by atoms with van der Waals surface area (Å²) in [5.74, 6) is 3.46. The molecule has 8 nitrogen and oxygen atoms in total. The molecule has 3 saturated heterocycles. The molecule has 2 N–H and O–H groups in total. The van der Waals surface area contributed by atoms with Gasteiger partial charge in [-0.1, -0.05) is 34.6 Å². The lowest BCUT2D eigenvalue weighted by Crippen LogP contribution is -2.66. The van der Waals surface area contributed by atoms with Gasteiger partial charge in [-0.15, -0.1) is 0 Å². The standard InChI is InChI=1S/C41H66O8/c1-23(8-12-34(43)44)28-10-11-31-35-32(14-17-39(28,31)5)38(4)16-13-27(21-26(38)22-33(35)42)45-19-20-46-36-25(3)30-9-7-24(2)29-15-18-40(6)48-37(47-36)41(29,30)49-40/h23-33,35-37,42H,7-22H2,1-6H3,(H,43,44)/t23-,24-,25-,26?,27-,28-,29?,30?,31?,32?,33+,35?,36?,37?,38+,39-,40-,41-/m1/s1. The Morgan fingerprint density at radius 2 is 1.57 bits per heavy atom. The van der Waals surface area contributed by atoms with Crippen molar-refractivity contribution in [2.75, 3.05) is 13.2 Å². The van der Waals surface area contributed by atoms with E-state index in [-0.39, 0.29) is 53.6 Å². The van der Waals surface area contributed by atoms with E-state index in [1.54, 1.807) is 0 Å². The van der Waals surface area contributed by atoms with Crippen molar-refractivity contribution in [3.8, 4) is 0 Å². The molecule has 5 saturated carbocycles. The first-order valence-electron chi connectivity index (χ1n) is 20.5. The van der Waals surface area contributed by atoms with Gasteiger partial charge in [0.25, 0.3) is 0 Å². The summed E-state index contributed by atoms with van der Waals surface area (Å²) in [5, 5.41) is 21.1. The molecule has 3 aliphatic heterocycles. The van der Waals surface area contributed by atoms with Crippen LogP contribution in [0.5, 0.6) is 0 Å². The van der Waals surface area contributed by atoms with Crippen LogP contribution in [0.2, 0.25) is 0 Å². The largest absolute Gasteiger partial charge is 0.481 e. The van der Waals surface area contributed by atoms with Gasteiger partial charge >= 0.3 is 5.97 Å². The van der Waals surface area contributed by atoms with Crippen LogP contribution in [0.1, 0.15) is 131 Å². The van der Waals surface area contributed by atoms with Gasteiger partial charge < -0.3 is 33.9 Å². The molecule has 0 aromatic carbocycles. The highest BCUT2D eigenvalue weighted by molar-refractivity contribution is 5.66. The molecule has 18 atom stereocenters. The Morgan fingerprint density at radius 3 is 2.37 bits per heavy atom. The third-order valence-electron chi connectivity index (χ3n) is 17.1. The summed E-state index contributed by atoms with van der Waals surface area (Å²) in [7, 11) is 0. The molecule has 0 amide bonds. The summed E-state index contributed by atoms with van der Waals surface area (Å²) in [6, 6.07) is 0. The number of carbonyl (C=O) groups is 1. The highest BCUT2D eigenvalue weighted by Crippen LogP contribution is 2.69. The molecule has 0 aromatic heterocycles. The zero-order chi connectivity index (χ0) is 34.5. The second-order valence-electron chi connectivity index (χ2n) is 19.3. The smallest absolute Gasteiger partial charge is 0.303 e. The fourth-order valence-electron chi connectivity index (χ4n) is 14.6. The minimum atomic E-state index is -0.683. The van der Waals surface area contributed by atoms with Crippen LogP contribution in [0.15, 0.2) is 0 Å². The number of aliphatic hydroxyl groups excluding tert-OH is 1. The average molecular weight is 687 g/mol. The van der Waals surface area contributed by atoms with E-state index in [4.69, 9.17) is 23.7 Å². The summed E-state index contributed by atoms with van der Waals surface area (Å²) >= 11 is 0. The highest BCUT2D eigenvalue weighted by Gasteiger charge is 2.71. The van der Waals surface area contributed by atoms with Gasteiger partial charge in [0.15, 0.2) is 18.4 Å². The van der Waals surface area contributed by atoms with Crippen LogP contribution in [-0.2, 0) is 28.5 Å². The summed E-state index contributed by atoms with van der Waals surface area (Å²) in [5.41, 5.74) is 0.132. The molecule has 8 heteroatoms. The van der Waals surface area contributed by atoms with Gasteiger partial charge in [-0.2, -0.15) is 0 Å². The second kappa shape index (κ2) is 12.7. The first kappa shape index (κ1) is 35.3. The third-order valence-corrected chi connectivity index (χ3v) is 17.1. The average Bonchev–Trinajstić information content (AvgIpc) is 3.52. The maximum absolute atomic E-state index is 11.8. The number of fused-ring (bicyclic) bond motifs is 6. The van der Waals surface area contributed by atoms with E-state index < -0.39 is 11.8 Å². The lowest BCUT2D eigenvalue weighted by molar-refractivity contribution is -0.338. The SMILES string of the molecule is C[C@H]1C(OCCO[C@@H]2CC[C@@]3(C)C(C2)C[C@H](O)C2C3CC[C@@]3(C)C2CC[C@@H]3[C@H](C)CCC(=O)O)OC2O[C@@]3(C)CCC4[C@H](C)CCC1[C@@]24O3. The molecule has 5 aliphatic carbocycles. The lowest BCUT2D eigenvalue weighted by atomic mass is 9.43. The fourth-order valence-corrected chi connectivity index (χ4v) is 14.6. The summed E-state index contributed by atoms with van der Waals surface area (Å²) in [4.78, 5) is 11.3. The number of aliphatic hydroxyl groups is 1. The third kappa shape index (κ3) is 5.53. The molecule has 3 heterocycles. The summed E-state index contributed by atoms with van der Waals surface area (Å²) in [6.07, 6.45) is 13.7. The van der Waals surface area contributed by atoms with E-state index in [1.165, 1.54) is 38.5 Å². The number of hydrogen-bond acceptors (Lipinski definition) is 7. The molecule has 8 unspecified atom stereocenters. The molecule has 1 spiro atoms. The van der Waals surface area contributed by atoms with Crippen molar-refractivity contribution >= 4 is 5.97 Å². The first-order valence-corrected chi connectivity index (χ1v) is 20.5. The van der Waals surface area contributed by atoms with Gasteiger partial charge in [-0.05, 0) is 142 Å². The van der Waals surface area contributed by atoms with E-state index in [0.29, 0.717) is 66.5 Å². The van der Waals surface area contributed by atoms with Gasteiger partial charge in [0.1, 0.15) is 5.60 Å². The normalized spacial score (nSPS) is 55.1. The Bertz CT molecular complexity index is 1240. The van der Waals surface area contributed by atoms with E-state index >= 15 is 0 Å². The van der Waals surface area contributed by atoms with Gasteiger partial charge in [0.05, 0.1) is 25.4 Å². The minimum Gasteiger partial charge on any atom is -0.481 e. The van der Waals surface area contributed by atoms with Crippen LogP contribution < -0.4 is 0 Å². The molecule has 0 aromatic rings. The Balaban J connectivity index is 0.853. The van der Waals surface area contributed by atoms with E-state index in [9.17, 15) is 15.0 Å². The molecule has 278 valence electrons. The fraction of sp³-hybridized carbons (Fsp3) is 0.976. The van der Waals surface area contributed by atoms with Crippen molar-refractivity contribution in [2.45, 2.75) is 168 Å². The van der Waals surface area contributed by atoms with Gasteiger partial charge in [-0.25, -0.2) is 0 Å². The van der Waals surface area contributed by atoms with E-state index in [0.717, 1.165) is 44.9 Å². The van der Waals surface area contributed by atoms with Crippen molar-refractivity contribution < 1.29 is 38.7 Å². The van der Waals surface area contributed by atoms with Gasteiger partial charge in [0, 0.05) is 24.7 Å².